The first kappa shape index (κ1) is 11.4. The number of hydrogen-bond acceptors (Lipinski definition) is 6. The van der Waals surface area contributed by atoms with Gasteiger partial charge >= 0.3 is 5.97 Å². The number of hydrogen-bond donors (Lipinski definition) is 2. The molecule has 4 N–H and O–H groups in total. The van der Waals surface area contributed by atoms with Gasteiger partial charge < -0.3 is 16.2 Å². The Kier molecular flexibility index (Phi) is 4.04. The molecule has 0 radical (unpaired) electrons. The fourth-order valence-corrected chi connectivity index (χ4v) is 1.07. The molecule has 0 fully saturated rings. The molecule has 0 aromatic carbocycles. The number of nitrogens with zero attached hydrogens (tertiary/aromatic N) is 3. The topological polar surface area (TPSA) is 109 Å². The van der Waals surface area contributed by atoms with Gasteiger partial charge in [-0.05, 0) is 19.9 Å². The molecule has 0 aliphatic carbocycles. The van der Waals surface area contributed by atoms with E-state index in [1.807, 2.05) is 0 Å². The minimum Gasteiger partial charge on any atom is -0.461 e. The molecule has 0 aliphatic rings. The largest absolute Gasteiger partial charge is 0.461 e. The summed E-state index contributed by atoms with van der Waals surface area (Å²) in [7, 11) is 0. The number of carbonyl (C=O) groups excluding carboxylic acids is 1. The highest BCUT2D eigenvalue weighted by Crippen LogP contribution is 2.09. The van der Waals surface area contributed by atoms with Crippen LogP contribution in [0, 0.1) is 0 Å². The van der Waals surface area contributed by atoms with E-state index in [1.165, 1.54) is 4.68 Å². The number of carbonyl (C=O) groups is 1. The minimum absolute atomic E-state index is 0.0638. The van der Waals surface area contributed by atoms with Crippen LogP contribution in [0.3, 0.4) is 0 Å². The summed E-state index contributed by atoms with van der Waals surface area (Å²) in [5, 5.41) is 7.40. The van der Waals surface area contributed by atoms with E-state index >= 15 is 0 Å². The zero-order chi connectivity index (χ0) is 11.3. The number of nitrogens with two attached hydrogens (primary N) is 2. The summed E-state index contributed by atoms with van der Waals surface area (Å²) in [6.45, 7) is 3.09. The predicted octanol–water partition coefficient (Wildman–Crippen LogP) is -0.614. The quantitative estimate of drug-likeness (QED) is 0.631. The second kappa shape index (κ2) is 5.30. The Bertz CT molecular complexity index is 336. The number of ether oxygens (including phenoxy) is 1. The maximum Gasteiger partial charge on any atom is 0.362 e. The molecular weight excluding hydrogens is 198 g/mol. The molecule has 0 atom stereocenters. The number of aromatic nitrogens is 3. The monoisotopic (exact) mass is 213 g/mol. The molecule has 0 amide bonds. The second-order valence-electron chi connectivity index (χ2n) is 2.91. The second-order valence-corrected chi connectivity index (χ2v) is 2.91. The smallest absolute Gasteiger partial charge is 0.362 e. The first-order chi connectivity index (χ1) is 7.20. The van der Waals surface area contributed by atoms with Gasteiger partial charge in [-0.3, -0.25) is 0 Å². The lowest BCUT2D eigenvalue weighted by molar-refractivity contribution is 0.0520. The van der Waals surface area contributed by atoms with Crippen molar-refractivity contribution in [3.8, 4) is 0 Å². The van der Waals surface area contributed by atoms with Crippen LogP contribution in [-0.2, 0) is 11.3 Å². The first-order valence-corrected chi connectivity index (χ1v) is 4.76. The Morgan fingerprint density at radius 3 is 2.93 bits per heavy atom. The Morgan fingerprint density at radius 2 is 2.33 bits per heavy atom. The molecule has 7 nitrogen and oxygen atoms in total. The van der Waals surface area contributed by atoms with Gasteiger partial charge in [-0.15, -0.1) is 5.10 Å². The highest BCUT2D eigenvalue weighted by Gasteiger charge is 2.17. The predicted molar refractivity (Wildman–Crippen MR) is 54.1 cm³/mol. The van der Waals surface area contributed by atoms with Crippen LogP contribution in [-0.4, -0.2) is 34.1 Å². The van der Waals surface area contributed by atoms with E-state index in [0.717, 1.165) is 6.42 Å². The molecule has 15 heavy (non-hydrogen) atoms. The van der Waals surface area contributed by atoms with E-state index in [1.54, 1.807) is 6.92 Å². The van der Waals surface area contributed by atoms with Gasteiger partial charge in [0.15, 0.2) is 5.82 Å². The summed E-state index contributed by atoms with van der Waals surface area (Å²) in [6, 6.07) is 0. The van der Waals surface area contributed by atoms with Gasteiger partial charge in [0, 0.05) is 6.54 Å². The van der Waals surface area contributed by atoms with Crippen LogP contribution in [0.15, 0.2) is 0 Å². The van der Waals surface area contributed by atoms with Crippen molar-refractivity contribution >= 4 is 11.8 Å². The average molecular weight is 213 g/mol. The SMILES string of the molecule is CCOC(=O)c1nnn(CCCN)c1N. The molecule has 1 rings (SSSR count). The molecule has 0 aliphatic heterocycles. The van der Waals surface area contributed by atoms with Gasteiger partial charge in [0.25, 0.3) is 0 Å². The fraction of sp³-hybridized carbons (Fsp3) is 0.625. The highest BCUT2D eigenvalue weighted by atomic mass is 16.5. The summed E-state index contributed by atoms with van der Waals surface area (Å²) < 4.78 is 6.21. The van der Waals surface area contributed by atoms with Crippen LogP contribution >= 0.6 is 0 Å². The van der Waals surface area contributed by atoms with Gasteiger partial charge in [-0.1, -0.05) is 5.21 Å². The van der Waals surface area contributed by atoms with Crippen LogP contribution < -0.4 is 11.5 Å². The number of aryl methyl sites for hydroxylation is 1. The first-order valence-electron chi connectivity index (χ1n) is 4.76. The number of esters is 1. The van der Waals surface area contributed by atoms with E-state index in [0.29, 0.717) is 13.1 Å². The lowest BCUT2D eigenvalue weighted by Crippen LogP contribution is -2.12. The Morgan fingerprint density at radius 1 is 1.60 bits per heavy atom. The molecule has 1 aromatic rings. The van der Waals surface area contributed by atoms with Crippen molar-refractivity contribution < 1.29 is 9.53 Å². The molecular formula is C8H15N5O2. The third-order valence-corrected chi connectivity index (χ3v) is 1.82. The third kappa shape index (κ3) is 2.66. The molecule has 7 heteroatoms. The molecule has 0 unspecified atom stereocenters. The normalized spacial score (nSPS) is 10.3. The van der Waals surface area contributed by atoms with Gasteiger partial charge in [-0.2, -0.15) is 0 Å². The lowest BCUT2D eigenvalue weighted by Gasteiger charge is -2.01. The van der Waals surface area contributed by atoms with E-state index < -0.39 is 5.97 Å². The van der Waals surface area contributed by atoms with Crippen LogP contribution in [0.4, 0.5) is 5.82 Å². The van der Waals surface area contributed by atoms with E-state index in [-0.39, 0.29) is 18.1 Å². The highest BCUT2D eigenvalue weighted by molar-refractivity contribution is 5.91. The van der Waals surface area contributed by atoms with Crippen LogP contribution in [0.5, 0.6) is 0 Å². The standard InChI is InChI=1S/C8H15N5O2/c1-2-15-8(14)6-7(10)13(12-11-6)5-3-4-9/h2-5,9-10H2,1H3. The van der Waals surface area contributed by atoms with Crippen molar-refractivity contribution in [2.45, 2.75) is 19.9 Å². The van der Waals surface area contributed by atoms with Crippen molar-refractivity contribution in [1.29, 1.82) is 0 Å². The van der Waals surface area contributed by atoms with Crippen molar-refractivity contribution in [1.82, 2.24) is 15.0 Å². The van der Waals surface area contributed by atoms with E-state index in [9.17, 15) is 4.79 Å². The van der Waals surface area contributed by atoms with Crippen LogP contribution in [0.2, 0.25) is 0 Å². The number of nitrogen functional groups attached to an aromatic ring is 1. The zero-order valence-electron chi connectivity index (χ0n) is 8.64. The van der Waals surface area contributed by atoms with Gasteiger partial charge in [0.1, 0.15) is 0 Å². The maximum atomic E-state index is 11.3. The zero-order valence-corrected chi connectivity index (χ0v) is 8.64. The number of anilines is 1. The Labute approximate surface area is 87.4 Å². The summed E-state index contributed by atoms with van der Waals surface area (Å²) in [4.78, 5) is 11.3. The minimum atomic E-state index is -0.547. The summed E-state index contributed by atoms with van der Waals surface area (Å²) in [6.07, 6.45) is 0.732. The molecule has 0 spiro atoms. The third-order valence-electron chi connectivity index (χ3n) is 1.82. The molecule has 1 aromatic heterocycles. The Balaban J connectivity index is 2.74. The van der Waals surface area contributed by atoms with Crippen molar-refractivity contribution in [3.05, 3.63) is 5.69 Å². The molecule has 0 saturated heterocycles. The van der Waals surface area contributed by atoms with E-state index in [2.05, 4.69) is 10.3 Å². The Hall–Kier alpha value is -1.63. The molecule has 1 heterocycles. The van der Waals surface area contributed by atoms with Crippen molar-refractivity contribution in [3.63, 3.8) is 0 Å². The van der Waals surface area contributed by atoms with Crippen LogP contribution in [0.1, 0.15) is 23.8 Å². The van der Waals surface area contributed by atoms with Crippen molar-refractivity contribution in [2.24, 2.45) is 5.73 Å². The molecule has 0 bridgehead atoms. The molecule has 84 valence electrons. The number of rotatable bonds is 5. The summed E-state index contributed by atoms with van der Waals surface area (Å²) >= 11 is 0. The fourth-order valence-electron chi connectivity index (χ4n) is 1.07. The van der Waals surface area contributed by atoms with Gasteiger partial charge in [0.05, 0.1) is 6.61 Å². The summed E-state index contributed by atoms with van der Waals surface area (Å²) in [5.74, 6) is -0.323. The van der Waals surface area contributed by atoms with E-state index in [4.69, 9.17) is 16.2 Å². The maximum absolute atomic E-state index is 11.3. The summed E-state index contributed by atoms with van der Waals surface area (Å²) in [5.41, 5.74) is 11.1. The van der Waals surface area contributed by atoms with Crippen molar-refractivity contribution in [2.75, 3.05) is 18.9 Å². The lowest BCUT2D eigenvalue weighted by atomic mass is 10.4. The van der Waals surface area contributed by atoms with Gasteiger partial charge in [0.2, 0.25) is 5.69 Å². The van der Waals surface area contributed by atoms with Crippen LogP contribution in [0.25, 0.3) is 0 Å². The average Bonchev–Trinajstić information content (AvgIpc) is 2.57. The van der Waals surface area contributed by atoms with Gasteiger partial charge in [-0.25, -0.2) is 9.48 Å². The molecule has 0 saturated carbocycles.